The van der Waals surface area contributed by atoms with E-state index in [1.165, 1.54) is 0 Å². The number of rotatable bonds is 7. The molecule has 0 bridgehead atoms. The largest absolute Gasteiger partial charge is 0.497 e. The molecule has 3 aromatic rings. The first-order chi connectivity index (χ1) is 15.1. The van der Waals surface area contributed by atoms with Gasteiger partial charge in [0.15, 0.2) is 0 Å². The van der Waals surface area contributed by atoms with Crippen LogP contribution in [-0.4, -0.2) is 30.6 Å². The molecule has 158 valence electrons. The Morgan fingerprint density at radius 1 is 0.839 bits per heavy atom. The lowest BCUT2D eigenvalue weighted by Gasteiger charge is -2.12. The van der Waals surface area contributed by atoms with Gasteiger partial charge in [0, 0.05) is 11.6 Å². The Morgan fingerprint density at radius 2 is 1.48 bits per heavy atom. The van der Waals surface area contributed by atoms with Crippen molar-refractivity contribution in [3.05, 3.63) is 72.3 Å². The molecular weight excluding hydrogens is 414 g/mol. The van der Waals surface area contributed by atoms with Crippen LogP contribution in [0.4, 0.5) is 4.79 Å². The van der Waals surface area contributed by atoms with Gasteiger partial charge in [0.05, 0.1) is 19.5 Å². The van der Waals surface area contributed by atoms with Gasteiger partial charge >= 0.3 is 0 Å². The molecule has 1 atom stereocenters. The van der Waals surface area contributed by atoms with Crippen LogP contribution in [0.5, 0.6) is 23.0 Å². The van der Waals surface area contributed by atoms with Crippen molar-refractivity contribution in [3.8, 4) is 34.1 Å². The number of thioether (sulfide) groups is 1. The first-order valence-corrected chi connectivity index (χ1v) is 10.5. The summed E-state index contributed by atoms with van der Waals surface area (Å²) in [5.41, 5.74) is 2.94. The van der Waals surface area contributed by atoms with Crippen LogP contribution in [0.1, 0.15) is 5.56 Å². The van der Waals surface area contributed by atoms with Crippen molar-refractivity contribution in [1.29, 1.82) is 0 Å². The van der Waals surface area contributed by atoms with E-state index in [1.807, 2.05) is 66.7 Å². The molecule has 1 saturated heterocycles. The van der Waals surface area contributed by atoms with E-state index in [4.69, 9.17) is 14.2 Å². The highest BCUT2D eigenvalue weighted by Gasteiger charge is 2.31. The topological polar surface area (TPSA) is 73.9 Å². The predicted octanol–water partition coefficient (Wildman–Crippen LogP) is 5.06. The molecule has 0 saturated carbocycles. The maximum atomic E-state index is 11.7. The molecule has 31 heavy (non-hydrogen) atoms. The standard InChI is InChI=1S/C24H21NO5S/c1-28-19-11-12-20(21(14-19)29-2)16-5-9-18(10-6-16)30-17-7-3-15(4-8-17)13-22-23(26)25-24(27)31-22/h3-12,14,22H,13H2,1-2H3,(H,25,26,27). The van der Waals surface area contributed by atoms with Gasteiger partial charge in [0.2, 0.25) is 5.91 Å². The van der Waals surface area contributed by atoms with Gasteiger partial charge < -0.3 is 14.2 Å². The maximum Gasteiger partial charge on any atom is 0.286 e. The van der Waals surface area contributed by atoms with Gasteiger partial charge in [-0.2, -0.15) is 0 Å². The van der Waals surface area contributed by atoms with E-state index in [1.54, 1.807) is 14.2 Å². The molecule has 1 aliphatic heterocycles. The Morgan fingerprint density at radius 3 is 2.06 bits per heavy atom. The quantitative estimate of drug-likeness (QED) is 0.559. The SMILES string of the molecule is COc1ccc(-c2ccc(Oc3ccc(CC4SC(=O)NC4=O)cc3)cc2)c(OC)c1. The zero-order chi connectivity index (χ0) is 21.8. The smallest absolute Gasteiger partial charge is 0.286 e. The first kappa shape index (κ1) is 20.8. The molecule has 1 unspecified atom stereocenters. The molecule has 3 aromatic carbocycles. The first-order valence-electron chi connectivity index (χ1n) is 9.66. The van der Waals surface area contributed by atoms with Gasteiger partial charge in [-0.25, -0.2) is 0 Å². The predicted molar refractivity (Wildman–Crippen MR) is 120 cm³/mol. The van der Waals surface area contributed by atoms with E-state index in [0.717, 1.165) is 40.0 Å². The fraction of sp³-hybridized carbons (Fsp3) is 0.167. The number of benzene rings is 3. The molecule has 2 amide bonds. The van der Waals surface area contributed by atoms with Gasteiger partial charge in [-0.1, -0.05) is 36.0 Å². The van der Waals surface area contributed by atoms with Crippen molar-refractivity contribution in [2.24, 2.45) is 0 Å². The molecule has 0 aliphatic carbocycles. The van der Waals surface area contributed by atoms with E-state index >= 15 is 0 Å². The summed E-state index contributed by atoms with van der Waals surface area (Å²) in [7, 11) is 3.26. The summed E-state index contributed by atoms with van der Waals surface area (Å²) in [6, 6.07) is 21.0. The van der Waals surface area contributed by atoms with Gasteiger partial charge in [-0.3, -0.25) is 14.9 Å². The van der Waals surface area contributed by atoms with Crippen molar-refractivity contribution in [3.63, 3.8) is 0 Å². The summed E-state index contributed by atoms with van der Waals surface area (Å²) in [6.45, 7) is 0. The summed E-state index contributed by atoms with van der Waals surface area (Å²) in [5.74, 6) is 2.64. The average Bonchev–Trinajstić information content (AvgIpc) is 3.11. The van der Waals surface area contributed by atoms with Gasteiger partial charge in [0.1, 0.15) is 23.0 Å². The number of hydrogen-bond acceptors (Lipinski definition) is 6. The van der Waals surface area contributed by atoms with Crippen molar-refractivity contribution < 1.29 is 23.8 Å². The highest BCUT2D eigenvalue weighted by atomic mass is 32.2. The Balaban J connectivity index is 1.42. The van der Waals surface area contributed by atoms with Crippen molar-refractivity contribution in [1.82, 2.24) is 5.32 Å². The van der Waals surface area contributed by atoms with Gasteiger partial charge in [-0.05, 0) is 53.9 Å². The summed E-state index contributed by atoms with van der Waals surface area (Å²) in [5, 5.41) is 1.65. The summed E-state index contributed by atoms with van der Waals surface area (Å²) in [6.07, 6.45) is 0.501. The highest BCUT2D eigenvalue weighted by molar-refractivity contribution is 8.15. The second-order valence-electron chi connectivity index (χ2n) is 6.92. The average molecular weight is 436 g/mol. The molecule has 4 rings (SSSR count). The van der Waals surface area contributed by atoms with Crippen molar-refractivity contribution in [2.45, 2.75) is 11.7 Å². The second-order valence-corrected chi connectivity index (χ2v) is 8.10. The minimum Gasteiger partial charge on any atom is -0.497 e. The van der Waals surface area contributed by atoms with E-state index in [2.05, 4.69) is 5.32 Å². The van der Waals surface area contributed by atoms with E-state index < -0.39 is 0 Å². The molecule has 0 spiro atoms. The molecule has 1 aliphatic rings. The molecule has 1 N–H and O–H groups in total. The summed E-state index contributed by atoms with van der Waals surface area (Å²) < 4.78 is 16.7. The molecule has 7 heteroatoms. The van der Waals surface area contributed by atoms with Crippen LogP contribution >= 0.6 is 11.8 Å². The lowest BCUT2D eigenvalue weighted by molar-refractivity contribution is -0.118. The van der Waals surface area contributed by atoms with Crippen molar-refractivity contribution >= 4 is 22.9 Å². The molecular formula is C24H21NO5S. The van der Waals surface area contributed by atoms with Crippen LogP contribution in [0.3, 0.4) is 0 Å². The number of nitrogens with one attached hydrogen (secondary N) is 1. The van der Waals surface area contributed by atoms with Crippen LogP contribution in [0.2, 0.25) is 0 Å². The van der Waals surface area contributed by atoms with Crippen LogP contribution in [-0.2, 0) is 11.2 Å². The van der Waals surface area contributed by atoms with Crippen LogP contribution < -0.4 is 19.5 Å². The lowest BCUT2D eigenvalue weighted by atomic mass is 10.0. The Hall–Kier alpha value is -3.45. The number of carbonyl (C=O) groups is 2. The third-order valence-corrected chi connectivity index (χ3v) is 5.90. The van der Waals surface area contributed by atoms with E-state index in [-0.39, 0.29) is 16.4 Å². The third-order valence-electron chi connectivity index (χ3n) is 4.92. The zero-order valence-corrected chi connectivity index (χ0v) is 17.9. The third kappa shape index (κ3) is 4.83. The lowest BCUT2D eigenvalue weighted by Crippen LogP contribution is -2.25. The minimum absolute atomic E-state index is 0.232. The second kappa shape index (κ2) is 9.14. The molecule has 0 aromatic heterocycles. The highest BCUT2D eigenvalue weighted by Crippen LogP contribution is 2.34. The van der Waals surface area contributed by atoms with Crippen molar-refractivity contribution in [2.75, 3.05) is 14.2 Å². The fourth-order valence-electron chi connectivity index (χ4n) is 3.31. The number of carbonyl (C=O) groups excluding carboxylic acids is 2. The normalized spacial score (nSPS) is 15.5. The zero-order valence-electron chi connectivity index (χ0n) is 17.1. The summed E-state index contributed by atoms with van der Waals surface area (Å²) in [4.78, 5) is 23.0. The van der Waals surface area contributed by atoms with Crippen LogP contribution in [0.25, 0.3) is 11.1 Å². The number of hydrogen-bond donors (Lipinski definition) is 1. The Bertz CT molecular complexity index is 1100. The number of imide groups is 1. The molecule has 6 nitrogen and oxygen atoms in total. The maximum absolute atomic E-state index is 11.7. The van der Waals surface area contributed by atoms with Gasteiger partial charge in [0.25, 0.3) is 5.24 Å². The fourth-order valence-corrected chi connectivity index (χ4v) is 4.17. The van der Waals surface area contributed by atoms with E-state index in [9.17, 15) is 9.59 Å². The Labute approximate surface area is 184 Å². The van der Waals surface area contributed by atoms with Crippen LogP contribution in [0.15, 0.2) is 66.7 Å². The minimum atomic E-state index is -0.373. The Kier molecular flexibility index (Phi) is 6.13. The number of methoxy groups -OCH3 is 2. The molecule has 0 radical (unpaired) electrons. The monoisotopic (exact) mass is 435 g/mol. The van der Waals surface area contributed by atoms with Gasteiger partial charge in [-0.15, -0.1) is 0 Å². The number of amides is 2. The number of ether oxygens (including phenoxy) is 3. The van der Waals surface area contributed by atoms with E-state index in [0.29, 0.717) is 17.9 Å². The molecule has 1 fully saturated rings. The van der Waals surface area contributed by atoms with Crippen LogP contribution in [0, 0.1) is 0 Å². The summed E-state index contributed by atoms with van der Waals surface area (Å²) >= 11 is 1.03. The molecule has 1 heterocycles.